The van der Waals surface area contributed by atoms with Crippen LogP contribution in [0.3, 0.4) is 0 Å². The van der Waals surface area contributed by atoms with Crippen molar-refractivity contribution in [1.29, 1.82) is 0 Å². The standard InChI is InChI=1S/C24H30N4O3/c1-17(2)25-23(29)15-27(3)16-24(30)28-22(19-10-12-20(31-4)13-11-19)14-21(26-28)18-8-6-5-7-9-18/h5-13,17,22H,14-16H2,1-4H3,(H,25,29)/p+1/t22-/m1/s1. The van der Waals surface area contributed by atoms with Crippen LogP contribution in [-0.4, -0.2) is 55.8 Å². The van der Waals surface area contributed by atoms with Gasteiger partial charge in [-0.25, -0.2) is 5.01 Å². The van der Waals surface area contributed by atoms with E-state index in [1.807, 2.05) is 75.5 Å². The van der Waals surface area contributed by atoms with Crippen LogP contribution in [0.15, 0.2) is 59.7 Å². The first-order valence-corrected chi connectivity index (χ1v) is 10.6. The van der Waals surface area contributed by atoms with E-state index >= 15 is 0 Å². The summed E-state index contributed by atoms with van der Waals surface area (Å²) < 4.78 is 5.26. The molecule has 164 valence electrons. The Kier molecular flexibility index (Phi) is 7.41. The zero-order valence-corrected chi connectivity index (χ0v) is 18.6. The van der Waals surface area contributed by atoms with Gasteiger partial charge in [-0.3, -0.25) is 9.59 Å². The monoisotopic (exact) mass is 423 g/mol. The second kappa shape index (κ2) is 10.2. The predicted molar refractivity (Wildman–Crippen MR) is 120 cm³/mol. The summed E-state index contributed by atoms with van der Waals surface area (Å²) in [7, 11) is 3.48. The lowest BCUT2D eigenvalue weighted by molar-refractivity contribution is -0.863. The van der Waals surface area contributed by atoms with Crippen molar-refractivity contribution in [3.63, 3.8) is 0 Å². The number of likely N-dealkylation sites (N-methyl/N-ethyl adjacent to an activating group) is 1. The zero-order chi connectivity index (χ0) is 22.4. The summed E-state index contributed by atoms with van der Waals surface area (Å²) in [5.41, 5.74) is 2.89. The molecule has 3 rings (SSSR count). The highest BCUT2D eigenvalue weighted by molar-refractivity contribution is 6.03. The number of methoxy groups -OCH3 is 1. The summed E-state index contributed by atoms with van der Waals surface area (Å²) in [6.45, 7) is 4.26. The third kappa shape index (κ3) is 5.92. The van der Waals surface area contributed by atoms with E-state index in [0.717, 1.165) is 27.5 Å². The topological polar surface area (TPSA) is 75.4 Å². The number of amides is 2. The maximum atomic E-state index is 13.2. The third-order valence-corrected chi connectivity index (χ3v) is 5.14. The Morgan fingerprint density at radius 3 is 2.42 bits per heavy atom. The zero-order valence-electron chi connectivity index (χ0n) is 18.6. The first kappa shape index (κ1) is 22.5. The average molecular weight is 424 g/mol. The van der Waals surface area contributed by atoms with Crippen molar-refractivity contribution in [2.75, 3.05) is 27.2 Å². The molecule has 7 nitrogen and oxygen atoms in total. The van der Waals surface area contributed by atoms with Crippen molar-refractivity contribution in [3.05, 3.63) is 65.7 Å². The number of hydrogen-bond donors (Lipinski definition) is 2. The highest BCUT2D eigenvalue weighted by Gasteiger charge is 2.34. The molecule has 2 aromatic rings. The normalized spacial score (nSPS) is 16.7. The van der Waals surface area contributed by atoms with E-state index in [9.17, 15) is 9.59 Å². The molecule has 31 heavy (non-hydrogen) atoms. The second-order valence-corrected chi connectivity index (χ2v) is 8.18. The van der Waals surface area contributed by atoms with E-state index < -0.39 is 0 Å². The first-order valence-electron chi connectivity index (χ1n) is 10.6. The summed E-state index contributed by atoms with van der Waals surface area (Å²) >= 11 is 0. The van der Waals surface area contributed by atoms with Gasteiger partial charge in [-0.05, 0) is 37.1 Å². The van der Waals surface area contributed by atoms with Gasteiger partial charge < -0.3 is 15.0 Å². The molecule has 0 saturated heterocycles. The maximum absolute atomic E-state index is 13.2. The van der Waals surface area contributed by atoms with Gasteiger partial charge in [0, 0.05) is 12.5 Å². The molecular weight excluding hydrogens is 392 g/mol. The number of rotatable bonds is 8. The molecule has 1 unspecified atom stereocenters. The van der Waals surface area contributed by atoms with Gasteiger partial charge in [-0.2, -0.15) is 5.10 Å². The molecular formula is C24H31N4O3+. The molecule has 7 heteroatoms. The van der Waals surface area contributed by atoms with Crippen LogP contribution >= 0.6 is 0 Å². The number of quaternary nitrogens is 1. The summed E-state index contributed by atoms with van der Waals surface area (Å²) in [6.07, 6.45) is 0.634. The Balaban J connectivity index is 1.78. The Labute approximate surface area is 183 Å². The lowest BCUT2D eigenvalue weighted by Gasteiger charge is -2.23. The van der Waals surface area contributed by atoms with Crippen LogP contribution in [0, 0.1) is 0 Å². The maximum Gasteiger partial charge on any atom is 0.298 e. The predicted octanol–water partition coefficient (Wildman–Crippen LogP) is 1.41. The van der Waals surface area contributed by atoms with Gasteiger partial charge in [0.1, 0.15) is 5.75 Å². The summed E-state index contributed by atoms with van der Waals surface area (Å²) in [5.74, 6) is 0.590. The average Bonchev–Trinajstić information content (AvgIpc) is 3.19. The molecule has 1 aliphatic rings. The number of benzene rings is 2. The Morgan fingerprint density at radius 1 is 1.13 bits per heavy atom. The van der Waals surface area contributed by atoms with Crippen molar-refractivity contribution in [2.24, 2.45) is 5.10 Å². The van der Waals surface area contributed by atoms with Crippen LogP contribution in [0.2, 0.25) is 0 Å². The Bertz CT molecular complexity index is 926. The number of hydrazone groups is 1. The minimum Gasteiger partial charge on any atom is -0.497 e. The molecule has 0 saturated carbocycles. The molecule has 0 aliphatic carbocycles. The Morgan fingerprint density at radius 2 is 1.81 bits per heavy atom. The smallest absolute Gasteiger partial charge is 0.298 e. The number of nitrogens with zero attached hydrogens (tertiary/aromatic N) is 2. The van der Waals surface area contributed by atoms with E-state index in [-0.39, 0.29) is 37.0 Å². The van der Waals surface area contributed by atoms with Gasteiger partial charge in [0.2, 0.25) is 0 Å². The van der Waals surface area contributed by atoms with Crippen LogP contribution in [0.4, 0.5) is 0 Å². The first-order chi connectivity index (χ1) is 14.9. The lowest BCUT2D eigenvalue weighted by Crippen LogP contribution is -3.11. The summed E-state index contributed by atoms with van der Waals surface area (Å²) in [4.78, 5) is 26.1. The molecule has 1 heterocycles. The molecule has 1 aliphatic heterocycles. The number of nitrogens with one attached hydrogen (secondary N) is 2. The largest absolute Gasteiger partial charge is 0.497 e. The van der Waals surface area contributed by atoms with Crippen molar-refractivity contribution < 1.29 is 19.2 Å². The third-order valence-electron chi connectivity index (χ3n) is 5.14. The van der Waals surface area contributed by atoms with E-state index in [4.69, 9.17) is 9.84 Å². The van der Waals surface area contributed by atoms with Gasteiger partial charge in [-0.15, -0.1) is 0 Å². The van der Waals surface area contributed by atoms with Crippen LogP contribution in [0.25, 0.3) is 0 Å². The van der Waals surface area contributed by atoms with Gasteiger partial charge in [0.25, 0.3) is 11.8 Å². The number of carbonyl (C=O) groups is 2. The Hall–Kier alpha value is -3.19. The molecule has 2 atom stereocenters. The van der Waals surface area contributed by atoms with E-state index in [1.165, 1.54) is 0 Å². The van der Waals surface area contributed by atoms with Crippen LogP contribution in [-0.2, 0) is 9.59 Å². The van der Waals surface area contributed by atoms with Gasteiger partial charge in [0.05, 0.1) is 25.9 Å². The lowest BCUT2D eigenvalue weighted by atomic mass is 9.98. The van der Waals surface area contributed by atoms with Crippen LogP contribution in [0.1, 0.15) is 37.4 Å². The molecule has 0 bridgehead atoms. The molecule has 2 amide bonds. The van der Waals surface area contributed by atoms with Crippen molar-refractivity contribution in [3.8, 4) is 5.75 Å². The fourth-order valence-electron chi connectivity index (χ4n) is 3.68. The highest BCUT2D eigenvalue weighted by atomic mass is 16.5. The molecule has 0 spiro atoms. The van der Waals surface area contributed by atoms with Crippen molar-refractivity contribution >= 4 is 17.5 Å². The number of hydrogen-bond acceptors (Lipinski definition) is 4. The van der Waals surface area contributed by atoms with E-state index in [0.29, 0.717) is 6.42 Å². The highest BCUT2D eigenvalue weighted by Crippen LogP contribution is 2.33. The summed E-state index contributed by atoms with van der Waals surface area (Å²) in [6, 6.07) is 17.5. The van der Waals surface area contributed by atoms with Crippen LogP contribution in [0.5, 0.6) is 5.75 Å². The number of carbonyl (C=O) groups excluding carboxylic acids is 2. The fraction of sp³-hybridized carbons (Fsp3) is 0.375. The van der Waals surface area contributed by atoms with Gasteiger partial charge in [0.15, 0.2) is 13.1 Å². The van der Waals surface area contributed by atoms with Crippen molar-refractivity contribution in [1.82, 2.24) is 10.3 Å². The molecule has 2 N–H and O–H groups in total. The number of ether oxygens (including phenoxy) is 1. The SMILES string of the molecule is COc1ccc([C@H]2CC(c3ccccc3)=NN2C(=O)C[NH+](C)CC(=O)NC(C)C)cc1. The van der Waals surface area contributed by atoms with Gasteiger partial charge in [-0.1, -0.05) is 42.5 Å². The minimum atomic E-state index is -0.189. The fourth-order valence-corrected chi connectivity index (χ4v) is 3.68. The molecule has 2 aromatic carbocycles. The molecule has 0 radical (unpaired) electrons. The van der Waals surface area contributed by atoms with Crippen molar-refractivity contribution in [2.45, 2.75) is 32.4 Å². The van der Waals surface area contributed by atoms with E-state index in [1.54, 1.807) is 12.1 Å². The second-order valence-electron chi connectivity index (χ2n) is 8.18. The van der Waals surface area contributed by atoms with Crippen LogP contribution < -0.4 is 15.0 Å². The quantitative estimate of drug-likeness (QED) is 0.674. The minimum absolute atomic E-state index is 0.0677. The molecule has 0 fully saturated rings. The molecule has 0 aromatic heterocycles. The summed E-state index contributed by atoms with van der Waals surface area (Å²) in [5, 5.41) is 9.14. The van der Waals surface area contributed by atoms with Gasteiger partial charge >= 0.3 is 0 Å². The van der Waals surface area contributed by atoms with E-state index in [2.05, 4.69) is 5.32 Å².